The molecule has 114 valence electrons. The Hall–Kier alpha value is 0.150. The highest BCUT2D eigenvalue weighted by molar-refractivity contribution is 9.10. The van der Waals surface area contributed by atoms with Crippen LogP contribution in [0, 0.1) is 5.92 Å². The Morgan fingerprint density at radius 1 is 1.45 bits per heavy atom. The molecule has 1 fully saturated rings. The van der Waals surface area contributed by atoms with E-state index < -0.39 is 10.0 Å². The second-order valence-electron chi connectivity index (χ2n) is 4.64. The van der Waals surface area contributed by atoms with E-state index in [1.165, 1.54) is 6.07 Å². The van der Waals surface area contributed by atoms with Crippen molar-refractivity contribution in [2.24, 2.45) is 5.92 Å². The molecule has 1 aliphatic rings. The molecule has 0 spiro atoms. The molecular formula is C12H17BrCl2N2O2S. The molecule has 8 heteroatoms. The van der Waals surface area contributed by atoms with Crippen molar-refractivity contribution in [1.29, 1.82) is 0 Å². The number of benzene rings is 1. The minimum atomic E-state index is -3.55. The monoisotopic (exact) mass is 402 g/mol. The predicted octanol–water partition coefficient (Wildman–Crippen LogP) is 2.80. The highest BCUT2D eigenvalue weighted by Crippen LogP contribution is 2.25. The van der Waals surface area contributed by atoms with E-state index >= 15 is 0 Å². The summed E-state index contributed by atoms with van der Waals surface area (Å²) in [7, 11) is -3.55. The molecule has 0 saturated carbocycles. The van der Waals surface area contributed by atoms with Crippen molar-refractivity contribution in [1.82, 2.24) is 10.0 Å². The predicted molar refractivity (Wildman–Crippen MR) is 87.2 cm³/mol. The lowest BCUT2D eigenvalue weighted by atomic mass is 10.0. The van der Waals surface area contributed by atoms with Crippen LogP contribution in [0.15, 0.2) is 27.6 Å². The second-order valence-corrected chi connectivity index (χ2v) is 7.70. The lowest BCUT2D eigenvalue weighted by Gasteiger charge is -2.22. The Morgan fingerprint density at radius 3 is 2.85 bits per heavy atom. The van der Waals surface area contributed by atoms with E-state index in [4.69, 9.17) is 11.6 Å². The van der Waals surface area contributed by atoms with Gasteiger partial charge in [-0.05, 0) is 50.0 Å². The number of sulfonamides is 1. The molecule has 0 bridgehead atoms. The van der Waals surface area contributed by atoms with Gasteiger partial charge in [0.2, 0.25) is 10.0 Å². The molecule has 20 heavy (non-hydrogen) atoms. The standard InChI is InChI=1S/C12H16BrClN2O2S.ClH/c13-10-3-4-11(14)12(6-10)19(17,18)16-8-9-2-1-5-15-7-9;/h3-4,6,9,15-16H,1-2,5,7-8H2;1H. The van der Waals surface area contributed by atoms with Crippen LogP contribution in [-0.2, 0) is 10.0 Å². The van der Waals surface area contributed by atoms with E-state index in [2.05, 4.69) is 26.0 Å². The van der Waals surface area contributed by atoms with Crippen molar-refractivity contribution >= 4 is 50.0 Å². The molecule has 0 radical (unpaired) electrons. The average Bonchev–Trinajstić information content (AvgIpc) is 2.40. The largest absolute Gasteiger partial charge is 0.316 e. The van der Waals surface area contributed by atoms with Crippen LogP contribution in [0.1, 0.15) is 12.8 Å². The summed E-state index contributed by atoms with van der Waals surface area (Å²) in [5.74, 6) is 0.342. The number of hydrogen-bond acceptors (Lipinski definition) is 3. The topological polar surface area (TPSA) is 58.2 Å². The first-order chi connectivity index (χ1) is 8.99. The van der Waals surface area contributed by atoms with Crippen LogP contribution in [0.3, 0.4) is 0 Å². The van der Waals surface area contributed by atoms with Gasteiger partial charge in [-0.25, -0.2) is 13.1 Å². The fourth-order valence-corrected chi connectivity index (χ4v) is 4.24. The third-order valence-corrected chi connectivity index (χ3v) is 5.54. The number of hydrogen-bond donors (Lipinski definition) is 2. The first-order valence-electron chi connectivity index (χ1n) is 6.14. The Balaban J connectivity index is 0.00000200. The van der Waals surface area contributed by atoms with Crippen LogP contribution in [0.25, 0.3) is 0 Å². The average molecular weight is 404 g/mol. The van der Waals surface area contributed by atoms with E-state index in [0.29, 0.717) is 16.9 Å². The van der Waals surface area contributed by atoms with Gasteiger partial charge in [0.05, 0.1) is 5.02 Å². The minimum Gasteiger partial charge on any atom is -0.316 e. The number of piperidine rings is 1. The maximum absolute atomic E-state index is 12.2. The van der Waals surface area contributed by atoms with Crippen LogP contribution in [-0.4, -0.2) is 28.1 Å². The molecule has 1 heterocycles. The fourth-order valence-electron chi connectivity index (χ4n) is 2.09. The van der Waals surface area contributed by atoms with Gasteiger partial charge in [-0.15, -0.1) is 12.4 Å². The SMILES string of the molecule is Cl.O=S(=O)(NCC1CCCNC1)c1cc(Br)ccc1Cl. The molecular weight excluding hydrogens is 387 g/mol. The van der Waals surface area contributed by atoms with Crippen molar-refractivity contribution in [3.05, 3.63) is 27.7 Å². The van der Waals surface area contributed by atoms with Crippen molar-refractivity contribution < 1.29 is 8.42 Å². The van der Waals surface area contributed by atoms with E-state index in [1.54, 1.807) is 12.1 Å². The van der Waals surface area contributed by atoms with Gasteiger partial charge in [0.1, 0.15) is 4.90 Å². The zero-order valence-corrected chi connectivity index (χ0v) is 14.7. The summed E-state index contributed by atoms with van der Waals surface area (Å²) >= 11 is 9.21. The fraction of sp³-hybridized carbons (Fsp3) is 0.500. The van der Waals surface area contributed by atoms with Crippen LogP contribution in [0.5, 0.6) is 0 Å². The molecule has 1 aliphatic heterocycles. The third kappa shape index (κ3) is 4.86. The lowest BCUT2D eigenvalue weighted by Crippen LogP contribution is -2.38. The summed E-state index contributed by atoms with van der Waals surface area (Å²) in [5.41, 5.74) is 0. The highest BCUT2D eigenvalue weighted by atomic mass is 79.9. The minimum absolute atomic E-state index is 0. The molecule has 1 aromatic rings. The summed E-state index contributed by atoms with van der Waals surface area (Å²) in [6.45, 7) is 2.31. The van der Waals surface area contributed by atoms with Crippen LogP contribution in [0.2, 0.25) is 5.02 Å². The number of halogens is 3. The molecule has 2 N–H and O–H groups in total. The van der Waals surface area contributed by atoms with Gasteiger partial charge in [0.15, 0.2) is 0 Å². The van der Waals surface area contributed by atoms with Gasteiger partial charge in [0, 0.05) is 11.0 Å². The Morgan fingerprint density at radius 2 is 2.20 bits per heavy atom. The molecule has 4 nitrogen and oxygen atoms in total. The van der Waals surface area contributed by atoms with Crippen molar-refractivity contribution in [3.8, 4) is 0 Å². The van der Waals surface area contributed by atoms with E-state index in [1.807, 2.05) is 0 Å². The van der Waals surface area contributed by atoms with E-state index in [0.717, 1.165) is 25.9 Å². The van der Waals surface area contributed by atoms with Crippen molar-refractivity contribution in [3.63, 3.8) is 0 Å². The van der Waals surface area contributed by atoms with Gasteiger partial charge < -0.3 is 5.32 Å². The van der Waals surface area contributed by atoms with Gasteiger partial charge in [-0.1, -0.05) is 27.5 Å². The first-order valence-corrected chi connectivity index (χ1v) is 8.80. The number of rotatable bonds is 4. The van der Waals surface area contributed by atoms with E-state index in [-0.39, 0.29) is 22.3 Å². The molecule has 1 aromatic carbocycles. The van der Waals surface area contributed by atoms with Gasteiger partial charge in [-0.2, -0.15) is 0 Å². The summed E-state index contributed by atoms with van der Waals surface area (Å²) in [6.07, 6.45) is 2.13. The van der Waals surface area contributed by atoms with Gasteiger partial charge in [-0.3, -0.25) is 0 Å². The van der Waals surface area contributed by atoms with Crippen LogP contribution >= 0.6 is 39.9 Å². The zero-order valence-electron chi connectivity index (χ0n) is 10.7. The van der Waals surface area contributed by atoms with Gasteiger partial charge in [0.25, 0.3) is 0 Å². The molecule has 0 aliphatic carbocycles. The molecule has 0 aromatic heterocycles. The zero-order chi connectivity index (χ0) is 13.9. The Labute approximate surface area is 139 Å². The van der Waals surface area contributed by atoms with Crippen LogP contribution in [0.4, 0.5) is 0 Å². The Kier molecular flexibility index (Phi) is 7.24. The summed E-state index contributed by atoms with van der Waals surface area (Å²) in [6, 6.07) is 4.80. The van der Waals surface area contributed by atoms with E-state index in [9.17, 15) is 8.42 Å². The summed E-state index contributed by atoms with van der Waals surface area (Å²) < 4.78 is 27.8. The van der Waals surface area contributed by atoms with Gasteiger partial charge >= 0.3 is 0 Å². The maximum Gasteiger partial charge on any atom is 0.242 e. The molecule has 1 unspecified atom stereocenters. The first kappa shape index (κ1) is 18.2. The lowest BCUT2D eigenvalue weighted by molar-refractivity contribution is 0.376. The summed E-state index contributed by atoms with van der Waals surface area (Å²) in [4.78, 5) is 0.118. The molecule has 1 saturated heterocycles. The smallest absolute Gasteiger partial charge is 0.242 e. The molecule has 2 rings (SSSR count). The highest BCUT2D eigenvalue weighted by Gasteiger charge is 2.21. The second kappa shape index (κ2) is 7.96. The summed E-state index contributed by atoms with van der Waals surface area (Å²) in [5, 5.41) is 3.50. The third-order valence-electron chi connectivity index (χ3n) is 3.14. The van der Waals surface area contributed by atoms with Crippen LogP contribution < -0.4 is 10.0 Å². The van der Waals surface area contributed by atoms with Crippen molar-refractivity contribution in [2.45, 2.75) is 17.7 Å². The number of nitrogens with one attached hydrogen (secondary N) is 2. The Bertz CT molecular complexity index is 548. The molecule has 1 atom stereocenters. The van der Waals surface area contributed by atoms with Crippen molar-refractivity contribution in [2.75, 3.05) is 19.6 Å². The normalized spacial score (nSPS) is 19.4. The molecule has 0 amide bonds. The quantitative estimate of drug-likeness (QED) is 0.812. The maximum atomic E-state index is 12.2.